The molecule has 0 bridgehead atoms. The SMILES string of the molecule is CCc1ccc(-c2c(C(N)=O)cccc2C(C)(C)O)cc1Nc1ncnn1-c1cc(NC)ncn1. The zero-order valence-corrected chi connectivity index (χ0v) is 20.1. The normalized spacial score (nSPS) is 11.3. The third-order valence-corrected chi connectivity index (χ3v) is 5.69. The fourth-order valence-electron chi connectivity index (χ4n) is 3.95. The largest absolute Gasteiger partial charge is 0.386 e. The summed E-state index contributed by atoms with van der Waals surface area (Å²) in [5.74, 6) is 1.09. The molecular formula is C25H28N8O2. The van der Waals surface area contributed by atoms with Crippen molar-refractivity contribution in [2.24, 2.45) is 5.73 Å². The van der Waals surface area contributed by atoms with Crippen LogP contribution in [0.25, 0.3) is 16.9 Å². The van der Waals surface area contributed by atoms with E-state index in [4.69, 9.17) is 5.73 Å². The number of rotatable bonds is 8. The number of nitrogens with two attached hydrogens (primary N) is 1. The first-order valence-electron chi connectivity index (χ1n) is 11.2. The van der Waals surface area contributed by atoms with Crippen molar-refractivity contribution in [3.05, 3.63) is 71.8 Å². The number of aliphatic hydroxyl groups is 1. The molecule has 0 radical (unpaired) electrons. The molecule has 2 heterocycles. The fraction of sp³-hybridized carbons (Fsp3) is 0.240. The van der Waals surface area contributed by atoms with E-state index in [1.54, 1.807) is 49.8 Å². The van der Waals surface area contributed by atoms with Gasteiger partial charge in [0, 0.05) is 29.9 Å². The summed E-state index contributed by atoms with van der Waals surface area (Å²) in [4.78, 5) is 25.1. The van der Waals surface area contributed by atoms with Crippen molar-refractivity contribution in [1.29, 1.82) is 0 Å². The number of nitrogens with one attached hydrogen (secondary N) is 2. The van der Waals surface area contributed by atoms with Gasteiger partial charge >= 0.3 is 0 Å². The van der Waals surface area contributed by atoms with Crippen molar-refractivity contribution in [1.82, 2.24) is 24.7 Å². The highest BCUT2D eigenvalue weighted by Gasteiger charge is 2.25. The van der Waals surface area contributed by atoms with Crippen molar-refractivity contribution in [2.45, 2.75) is 32.8 Å². The third-order valence-electron chi connectivity index (χ3n) is 5.69. The maximum Gasteiger partial charge on any atom is 0.249 e. The number of anilines is 3. The summed E-state index contributed by atoms with van der Waals surface area (Å²) in [6, 6.07) is 12.8. The number of hydrogen-bond donors (Lipinski definition) is 4. The van der Waals surface area contributed by atoms with Crippen LogP contribution in [-0.4, -0.2) is 42.8 Å². The third kappa shape index (κ3) is 4.82. The van der Waals surface area contributed by atoms with Crippen LogP contribution in [0.15, 0.2) is 55.1 Å². The minimum absolute atomic E-state index is 0.337. The zero-order chi connectivity index (χ0) is 25.2. The van der Waals surface area contributed by atoms with E-state index in [0.717, 1.165) is 23.2 Å². The van der Waals surface area contributed by atoms with E-state index < -0.39 is 11.5 Å². The topological polar surface area (TPSA) is 144 Å². The highest BCUT2D eigenvalue weighted by molar-refractivity contribution is 6.01. The van der Waals surface area contributed by atoms with Crippen molar-refractivity contribution in [3.63, 3.8) is 0 Å². The maximum absolute atomic E-state index is 12.3. The Labute approximate surface area is 203 Å². The van der Waals surface area contributed by atoms with E-state index in [-0.39, 0.29) is 0 Å². The molecule has 180 valence electrons. The molecule has 0 spiro atoms. The smallest absolute Gasteiger partial charge is 0.249 e. The second kappa shape index (κ2) is 9.51. The number of amides is 1. The number of nitrogens with zero attached hydrogens (tertiary/aromatic N) is 5. The molecule has 2 aromatic heterocycles. The monoisotopic (exact) mass is 472 g/mol. The second-order valence-electron chi connectivity index (χ2n) is 8.51. The number of aryl methyl sites for hydroxylation is 1. The standard InChI is InChI=1S/C25H28N8O2/c1-5-15-9-10-16(22-17(23(26)34)7-6-8-18(22)25(2,3)35)11-19(15)32-24-30-14-31-33(24)21-12-20(27-4)28-13-29-21/h6-14,35H,5H2,1-4H3,(H2,26,34)(H,27,28,29)(H,30,31,32). The summed E-state index contributed by atoms with van der Waals surface area (Å²) in [5.41, 5.74) is 8.60. The van der Waals surface area contributed by atoms with Gasteiger partial charge in [0.25, 0.3) is 0 Å². The molecule has 10 heteroatoms. The van der Waals surface area contributed by atoms with Gasteiger partial charge in [-0.25, -0.2) is 9.97 Å². The minimum Gasteiger partial charge on any atom is -0.386 e. The predicted octanol–water partition coefficient (Wildman–Crippen LogP) is 3.40. The fourth-order valence-corrected chi connectivity index (χ4v) is 3.95. The Kier molecular flexibility index (Phi) is 6.48. The first-order chi connectivity index (χ1) is 16.7. The second-order valence-corrected chi connectivity index (χ2v) is 8.51. The molecular weight excluding hydrogens is 444 g/mol. The van der Waals surface area contributed by atoms with Crippen LogP contribution in [0, 0.1) is 0 Å². The number of carbonyl (C=O) groups excluding carboxylic acids is 1. The van der Waals surface area contributed by atoms with E-state index in [9.17, 15) is 9.90 Å². The Balaban J connectivity index is 1.83. The van der Waals surface area contributed by atoms with Gasteiger partial charge in [-0.3, -0.25) is 4.79 Å². The van der Waals surface area contributed by atoms with Crippen LogP contribution in [-0.2, 0) is 12.0 Å². The van der Waals surface area contributed by atoms with E-state index in [0.29, 0.717) is 34.3 Å². The molecule has 4 rings (SSSR count). The Morgan fingerprint density at radius 3 is 2.60 bits per heavy atom. The van der Waals surface area contributed by atoms with Gasteiger partial charge in [0.15, 0.2) is 5.82 Å². The van der Waals surface area contributed by atoms with Crippen LogP contribution in [0.4, 0.5) is 17.5 Å². The van der Waals surface area contributed by atoms with E-state index in [1.165, 1.54) is 12.7 Å². The highest BCUT2D eigenvalue weighted by Crippen LogP contribution is 2.37. The Hall–Kier alpha value is -4.31. The van der Waals surface area contributed by atoms with Crippen molar-refractivity contribution >= 4 is 23.4 Å². The predicted molar refractivity (Wildman–Crippen MR) is 135 cm³/mol. The summed E-state index contributed by atoms with van der Waals surface area (Å²) in [7, 11) is 1.78. The lowest BCUT2D eigenvalue weighted by Crippen LogP contribution is -2.20. The van der Waals surface area contributed by atoms with E-state index in [2.05, 4.69) is 30.7 Å². The summed E-state index contributed by atoms with van der Waals surface area (Å²) < 4.78 is 1.58. The number of benzene rings is 2. The van der Waals surface area contributed by atoms with Crippen LogP contribution < -0.4 is 16.4 Å². The van der Waals surface area contributed by atoms with Crippen LogP contribution in [0.5, 0.6) is 0 Å². The number of hydrogen-bond acceptors (Lipinski definition) is 8. The molecule has 0 aliphatic carbocycles. The van der Waals surface area contributed by atoms with Gasteiger partial charge in [0.2, 0.25) is 11.9 Å². The van der Waals surface area contributed by atoms with Crippen LogP contribution in [0.1, 0.15) is 42.3 Å². The number of primary amides is 1. The number of carbonyl (C=O) groups is 1. The molecule has 5 N–H and O–H groups in total. The average Bonchev–Trinajstić information content (AvgIpc) is 3.31. The molecule has 2 aromatic carbocycles. The summed E-state index contributed by atoms with van der Waals surface area (Å²) in [6.45, 7) is 5.41. The number of aromatic nitrogens is 5. The molecule has 35 heavy (non-hydrogen) atoms. The maximum atomic E-state index is 12.3. The van der Waals surface area contributed by atoms with Crippen molar-refractivity contribution in [2.75, 3.05) is 17.7 Å². The van der Waals surface area contributed by atoms with Crippen molar-refractivity contribution in [3.8, 4) is 16.9 Å². The van der Waals surface area contributed by atoms with E-state index >= 15 is 0 Å². The lowest BCUT2D eigenvalue weighted by molar-refractivity contribution is 0.0791. The first kappa shape index (κ1) is 23.8. The molecule has 0 aliphatic rings. The summed E-state index contributed by atoms with van der Waals surface area (Å²) in [5, 5.41) is 21.5. The summed E-state index contributed by atoms with van der Waals surface area (Å²) >= 11 is 0. The van der Waals surface area contributed by atoms with Crippen LogP contribution >= 0.6 is 0 Å². The lowest BCUT2D eigenvalue weighted by atomic mass is 9.85. The molecule has 0 atom stereocenters. The van der Waals surface area contributed by atoms with Gasteiger partial charge in [-0.15, -0.1) is 0 Å². The minimum atomic E-state index is -1.18. The van der Waals surface area contributed by atoms with Crippen LogP contribution in [0.2, 0.25) is 0 Å². The molecule has 4 aromatic rings. The van der Waals surface area contributed by atoms with Gasteiger partial charge in [0.1, 0.15) is 18.5 Å². The van der Waals surface area contributed by atoms with Gasteiger partial charge in [-0.2, -0.15) is 14.8 Å². The van der Waals surface area contributed by atoms with Crippen LogP contribution in [0.3, 0.4) is 0 Å². The van der Waals surface area contributed by atoms with Gasteiger partial charge in [0.05, 0.1) is 5.60 Å². The molecule has 10 nitrogen and oxygen atoms in total. The molecule has 0 saturated carbocycles. The van der Waals surface area contributed by atoms with Gasteiger partial charge in [-0.05, 0) is 49.1 Å². The molecule has 0 unspecified atom stereocenters. The molecule has 1 amide bonds. The average molecular weight is 473 g/mol. The van der Waals surface area contributed by atoms with Gasteiger partial charge < -0.3 is 21.5 Å². The van der Waals surface area contributed by atoms with Crippen molar-refractivity contribution < 1.29 is 9.90 Å². The molecule has 0 saturated heterocycles. The zero-order valence-electron chi connectivity index (χ0n) is 20.1. The first-order valence-corrected chi connectivity index (χ1v) is 11.2. The Morgan fingerprint density at radius 1 is 1.11 bits per heavy atom. The highest BCUT2D eigenvalue weighted by atomic mass is 16.3. The lowest BCUT2D eigenvalue weighted by Gasteiger charge is -2.24. The quantitative estimate of drug-likeness (QED) is 0.305. The van der Waals surface area contributed by atoms with Gasteiger partial charge in [-0.1, -0.05) is 31.2 Å². The summed E-state index contributed by atoms with van der Waals surface area (Å²) in [6.07, 6.45) is 3.64. The Morgan fingerprint density at radius 2 is 1.91 bits per heavy atom. The Bertz CT molecular complexity index is 1370. The molecule has 0 aliphatic heterocycles. The van der Waals surface area contributed by atoms with E-state index in [1.807, 2.05) is 25.1 Å². The molecule has 0 fully saturated rings.